The molecule has 2 fully saturated rings. The second-order valence-electron chi connectivity index (χ2n) is 8.52. The summed E-state index contributed by atoms with van der Waals surface area (Å²) in [5.41, 5.74) is -0.407. The number of carbonyl (C=O) groups excluding carboxylic acids is 1. The molecule has 8 nitrogen and oxygen atoms in total. The molecule has 4 rings (SSSR count). The first-order valence-corrected chi connectivity index (χ1v) is 13.5. The summed E-state index contributed by atoms with van der Waals surface area (Å²) in [5, 5.41) is 23.5. The standard InChI is InChI=1S/C23H26BrFN2O6S/c24-16-3-4-18(28)19(12-16)34(31,32)13-15-11-17(14-1-2-14)21(25)20(22(15)29)23(30)26-5-6-27-7-9-33-10-8-27/h3-4,11-12,14,28-29H,1-2,5-10,13H2,(H,26,30). The number of amides is 1. The molecule has 184 valence electrons. The molecule has 2 aromatic rings. The van der Waals surface area contributed by atoms with E-state index in [1.807, 2.05) is 0 Å². The van der Waals surface area contributed by atoms with Crippen molar-refractivity contribution in [2.45, 2.75) is 29.4 Å². The van der Waals surface area contributed by atoms with E-state index in [1.54, 1.807) is 0 Å². The number of nitrogens with one attached hydrogen (secondary N) is 1. The SMILES string of the molecule is O=C(NCCN1CCOCC1)c1c(O)c(CS(=O)(=O)c2cc(Br)ccc2O)cc(C2CC2)c1F. The number of rotatable bonds is 8. The van der Waals surface area contributed by atoms with Gasteiger partial charge in [-0.2, -0.15) is 0 Å². The summed E-state index contributed by atoms with van der Waals surface area (Å²) in [4.78, 5) is 14.6. The normalized spacial score (nSPS) is 17.0. The summed E-state index contributed by atoms with van der Waals surface area (Å²) in [6.45, 7) is 3.47. The minimum Gasteiger partial charge on any atom is -0.507 e. The molecule has 0 aromatic heterocycles. The molecule has 0 spiro atoms. The Balaban J connectivity index is 1.61. The lowest BCUT2D eigenvalue weighted by Gasteiger charge is -2.26. The number of morpholine rings is 1. The molecule has 2 aromatic carbocycles. The zero-order valence-corrected chi connectivity index (χ0v) is 20.8. The number of benzene rings is 2. The average molecular weight is 557 g/mol. The van der Waals surface area contributed by atoms with Gasteiger partial charge < -0.3 is 20.3 Å². The van der Waals surface area contributed by atoms with E-state index in [1.165, 1.54) is 24.3 Å². The molecule has 0 bridgehead atoms. The Morgan fingerprint density at radius 2 is 1.91 bits per heavy atom. The summed E-state index contributed by atoms with van der Waals surface area (Å²) < 4.78 is 47.1. The van der Waals surface area contributed by atoms with Crippen LogP contribution in [0.5, 0.6) is 11.5 Å². The average Bonchev–Trinajstić information content (AvgIpc) is 3.63. The van der Waals surface area contributed by atoms with Crippen LogP contribution in [0.15, 0.2) is 33.6 Å². The van der Waals surface area contributed by atoms with Crippen LogP contribution in [0.1, 0.15) is 40.2 Å². The third-order valence-corrected chi connectivity index (χ3v) is 8.19. The minimum absolute atomic E-state index is 0.0824. The molecule has 1 aliphatic carbocycles. The van der Waals surface area contributed by atoms with Crippen molar-refractivity contribution in [3.8, 4) is 11.5 Å². The van der Waals surface area contributed by atoms with Gasteiger partial charge in [-0.1, -0.05) is 15.9 Å². The van der Waals surface area contributed by atoms with E-state index in [9.17, 15) is 23.4 Å². The second-order valence-corrected chi connectivity index (χ2v) is 11.4. The van der Waals surface area contributed by atoms with Gasteiger partial charge in [0.15, 0.2) is 9.84 Å². The number of aromatic hydroxyl groups is 2. The maximum absolute atomic E-state index is 15.3. The maximum atomic E-state index is 15.3. The molecular weight excluding hydrogens is 531 g/mol. The third-order valence-electron chi connectivity index (χ3n) is 6.01. The lowest BCUT2D eigenvalue weighted by molar-refractivity contribution is 0.0383. The Hall–Kier alpha value is -2.21. The smallest absolute Gasteiger partial charge is 0.258 e. The fraction of sp³-hybridized carbons (Fsp3) is 0.435. The summed E-state index contributed by atoms with van der Waals surface area (Å²) in [7, 11) is -4.11. The predicted molar refractivity (Wildman–Crippen MR) is 126 cm³/mol. The highest BCUT2D eigenvalue weighted by molar-refractivity contribution is 9.10. The Kier molecular flexibility index (Phi) is 7.46. The second kappa shape index (κ2) is 10.2. The molecule has 1 aliphatic heterocycles. The molecule has 34 heavy (non-hydrogen) atoms. The molecule has 0 atom stereocenters. The van der Waals surface area contributed by atoms with Crippen molar-refractivity contribution in [2.24, 2.45) is 0 Å². The van der Waals surface area contributed by atoms with Crippen LogP contribution in [-0.2, 0) is 20.3 Å². The number of phenolic OH excluding ortho intramolecular Hbond substituents is 2. The van der Waals surface area contributed by atoms with Gasteiger partial charge in [0.2, 0.25) is 0 Å². The molecule has 1 saturated carbocycles. The topological polar surface area (TPSA) is 116 Å². The molecule has 1 amide bonds. The van der Waals surface area contributed by atoms with Crippen molar-refractivity contribution in [2.75, 3.05) is 39.4 Å². The fourth-order valence-corrected chi connectivity index (χ4v) is 5.99. The predicted octanol–water partition coefficient (Wildman–Crippen LogP) is 2.91. The van der Waals surface area contributed by atoms with Crippen LogP contribution in [0.25, 0.3) is 0 Å². The van der Waals surface area contributed by atoms with Gasteiger partial charge in [-0.3, -0.25) is 9.69 Å². The Morgan fingerprint density at radius 3 is 2.59 bits per heavy atom. The maximum Gasteiger partial charge on any atom is 0.258 e. The zero-order valence-electron chi connectivity index (χ0n) is 18.4. The summed E-state index contributed by atoms with van der Waals surface area (Å²) in [6, 6.07) is 5.31. The van der Waals surface area contributed by atoms with Gasteiger partial charge in [0.25, 0.3) is 5.91 Å². The fourth-order valence-electron chi connectivity index (χ4n) is 4.00. The summed E-state index contributed by atoms with van der Waals surface area (Å²) >= 11 is 3.18. The van der Waals surface area contributed by atoms with E-state index in [0.717, 1.165) is 25.9 Å². The van der Waals surface area contributed by atoms with Gasteiger partial charge in [0.1, 0.15) is 27.8 Å². The number of hydrogen-bond donors (Lipinski definition) is 3. The molecule has 11 heteroatoms. The van der Waals surface area contributed by atoms with Crippen molar-refractivity contribution in [1.29, 1.82) is 0 Å². The molecule has 1 heterocycles. The third kappa shape index (κ3) is 5.54. The summed E-state index contributed by atoms with van der Waals surface area (Å²) in [5.74, 6) is -3.58. The van der Waals surface area contributed by atoms with Crippen molar-refractivity contribution in [1.82, 2.24) is 10.2 Å². The molecular formula is C23H26BrFN2O6S. The zero-order chi connectivity index (χ0) is 24.5. The molecule has 0 radical (unpaired) electrons. The highest BCUT2D eigenvalue weighted by Gasteiger charge is 2.33. The van der Waals surface area contributed by atoms with Crippen molar-refractivity contribution in [3.63, 3.8) is 0 Å². The Morgan fingerprint density at radius 1 is 1.21 bits per heavy atom. The first-order valence-electron chi connectivity index (χ1n) is 11.0. The van der Waals surface area contributed by atoms with Gasteiger partial charge in [0.05, 0.1) is 19.0 Å². The van der Waals surface area contributed by atoms with Crippen LogP contribution in [0.3, 0.4) is 0 Å². The number of carbonyl (C=O) groups is 1. The lowest BCUT2D eigenvalue weighted by Crippen LogP contribution is -2.41. The van der Waals surface area contributed by atoms with Crippen LogP contribution >= 0.6 is 15.9 Å². The number of hydrogen-bond acceptors (Lipinski definition) is 7. The number of halogens is 2. The van der Waals surface area contributed by atoms with E-state index in [0.29, 0.717) is 24.2 Å². The first-order chi connectivity index (χ1) is 16.2. The van der Waals surface area contributed by atoms with Crippen molar-refractivity contribution in [3.05, 3.63) is 51.2 Å². The van der Waals surface area contributed by atoms with Crippen molar-refractivity contribution >= 4 is 31.7 Å². The van der Waals surface area contributed by atoms with E-state index in [2.05, 4.69) is 26.1 Å². The quantitative estimate of drug-likeness (QED) is 0.457. The van der Waals surface area contributed by atoms with Crippen LogP contribution in [0.4, 0.5) is 4.39 Å². The lowest BCUT2D eigenvalue weighted by atomic mass is 10.00. The van der Waals surface area contributed by atoms with Crippen LogP contribution in [-0.4, -0.2) is 68.8 Å². The van der Waals surface area contributed by atoms with E-state index < -0.39 is 44.4 Å². The highest BCUT2D eigenvalue weighted by atomic mass is 79.9. The van der Waals surface area contributed by atoms with E-state index in [4.69, 9.17) is 4.74 Å². The first kappa shape index (κ1) is 24.9. The number of ether oxygens (including phenoxy) is 1. The van der Waals surface area contributed by atoms with Gasteiger partial charge in [-0.25, -0.2) is 12.8 Å². The number of phenols is 2. The largest absolute Gasteiger partial charge is 0.507 e. The number of sulfone groups is 1. The minimum atomic E-state index is -4.11. The molecule has 3 N–H and O–H groups in total. The van der Waals surface area contributed by atoms with Crippen LogP contribution in [0, 0.1) is 5.82 Å². The van der Waals surface area contributed by atoms with E-state index in [-0.39, 0.29) is 28.5 Å². The van der Waals surface area contributed by atoms with Gasteiger partial charge in [0, 0.05) is 36.2 Å². The van der Waals surface area contributed by atoms with E-state index >= 15 is 4.39 Å². The highest BCUT2D eigenvalue weighted by Crippen LogP contribution is 2.45. The number of nitrogens with zero attached hydrogens (tertiary/aromatic N) is 1. The molecule has 0 unspecified atom stereocenters. The van der Waals surface area contributed by atoms with Crippen LogP contribution < -0.4 is 5.32 Å². The van der Waals surface area contributed by atoms with Crippen molar-refractivity contribution < 1.29 is 32.6 Å². The monoisotopic (exact) mass is 556 g/mol. The summed E-state index contributed by atoms with van der Waals surface area (Å²) in [6.07, 6.45) is 1.44. The Bertz CT molecular complexity index is 1200. The Labute approximate surface area is 205 Å². The van der Waals surface area contributed by atoms with Gasteiger partial charge in [-0.05, 0) is 48.6 Å². The van der Waals surface area contributed by atoms with Crippen LogP contribution in [0.2, 0.25) is 0 Å². The van der Waals surface area contributed by atoms with Gasteiger partial charge >= 0.3 is 0 Å². The van der Waals surface area contributed by atoms with Gasteiger partial charge in [-0.15, -0.1) is 0 Å². The molecule has 1 saturated heterocycles. The molecule has 2 aliphatic rings.